The van der Waals surface area contributed by atoms with Gasteiger partial charge in [-0.3, -0.25) is 0 Å². The molecule has 1 aromatic heterocycles. The van der Waals surface area contributed by atoms with Crippen LogP contribution in [0.1, 0.15) is 43.0 Å². The van der Waals surface area contributed by atoms with E-state index in [0.717, 1.165) is 12.8 Å². The van der Waals surface area contributed by atoms with E-state index < -0.39 is 5.97 Å². The van der Waals surface area contributed by atoms with Crippen LogP contribution in [0.3, 0.4) is 0 Å². The van der Waals surface area contributed by atoms with E-state index in [2.05, 4.69) is 17.2 Å². The van der Waals surface area contributed by atoms with Crippen molar-refractivity contribution < 1.29 is 9.90 Å². The van der Waals surface area contributed by atoms with Crippen molar-refractivity contribution in [2.24, 2.45) is 0 Å². The molecule has 1 saturated carbocycles. The van der Waals surface area contributed by atoms with Gasteiger partial charge in [-0.2, -0.15) is 0 Å². The fraction of sp³-hybridized carbons (Fsp3) is 0.500. The number of anilines is 2. The van der Waals surface area contributed by atoms with Crippen LogP contribution in [0.5, 0.6) is 0 Å². The van der Waals surface area contributed by atoms with E-state index in [1.165, 1.54) is 25.1 Å². The molecule has 0 radical (unpaired) electrons. The zero-order valence-electron chi connectivity index (χ0n) is 9.86. The second kappa shape index (κ2) is 4.24. The molecule has 0 atom stereocenters. The molecule has 5 heteroatoms. The number of nitrogens with two attached hydrogens (primary N) is 1. The van der Waals surface area contributed by atoms with Gasteiger partial charge in [0.2, 0.25) is 0 Å². The predicted molar refractivity (Wildman–Crippen MR) is 66.1 cm³/mol. The van der Waals surface area contributed by atoms with E-state index in [0.29, 0.717) is 11.5 Å². The monoisotopic (exact) mass is 235 g/mol. The summed E-state index contributed by atoms with van der Waals surface area (Å²) < 4.78 is 0. The van der Waals surface area contributed by atoms with Gasteiger partial charge < -0.3 is 16.2 Å². The van der Waals surface area contributed by atoms with Gasteiger partial charge in [-0.05, 0) is 25.8 Å². The van der Waals surface area contributed by atoms with Gasteiger partial charge in [0.1, 0.15) is 11.4 Å². The number of nitrogens with zero attached hydrogens (tertiary/aromatic N) is 1. The summed E-state index contributed by atoms with van der Waals surface area (Å²) in [6, 6.07) is 1.44. The number of aromatic nitrogens is 1. The second-order valence-electron chi connectivity index (χ2n) is 4.86. The Bertz CT molecular complexity index is 439. The Balaban J connectivity index is 2.28. The largest absolute Gasteiger partial charge is 0.478 e. The van der Waals surface area contributed by atoms with Crippen LogP contribution < -0.4 is 11.1 Å². The number of rotatable bonds is 3. The zero-order chi connectivity index (χ0) is 12.5. The third-order valence-corrected chi connectivity index (χ3v) is 3.27. The van der Waals surface area contributed by atoms with Crippen molar-refractivity contribution in [3.05, 3.63) is 17.8 Å². The standard InChI is InChI=1S/C12H17N3O2/c1-12(4-2-3-5-12)15-10-9(11(16)17)6-8(13)7-14-10/h6-7H,2-5,13H2,1H3,(H,14,15)(H,16,17). The first-order valence-corrected chi connectivity index (χ1v) is 5.77. The summed E-state index contributed by atoms with van der Waals surface area (Å²) in [5.74, 6) is -0.593. The normalized spacial score (nSPS) is 17.9. The van der Waals surface area contributed by atoms with E-state index in [9.17, 15) is 4.79 Å². The summed E-state index contributed by atoms with van der Waals surface area (Å²) in [6.07, 6.45) is 5.89. The van der Waals surface area contributed by atoms with Gasteiger partial charge >= 0.3 is 5.97 Å². The molecule has 0 aliphatic heterocycles. The number of hydrogen-bond acceptors (Lipinski definition) is 4. The maximum Gasteiger partial charge on any atom is 0.339 e. The lowest BCUT2D eigenvalue weighted by molar-refractivity contribution is 0.0697. The lowest BCUT2D eigenvalue weighted by Gasteiger charge is -2.26. The lowest BCUT2D eigenvalue weighted by Crippen LogP contribution is -2.32. The van der Waals surface area contributed by atoms with Gasteiger partial charge in [-0.25, -0.2) is 9.78 Å². The summed E-state index contributed by atoms with van der Waals surface area (Å²) in [5.41, 5.74) is 6.01. The highest BCUT2D eigenvalue weighted by molar-refractivity contribution is 5.94. The van der Waals surface area contributed by atoms with Gasteiger partial charge in [-0.15, -0.1) is 0 Å². The van der Waals surface area contributed by atoms with E-state index in [1.54, 1.807) is 0 Å². The molecule has 1 heterocycles. The van der Waals surface area contributed by atoms with Crippen molar-refractivity contribution in [1.29, 1.82) is 0 Å². The SMILES string of the molecule is CC1(Nc2ncc(N)cc2C(=O)O)CCCC1. The van der Waals surface area contributed by atoms with Gasteiger partial charge in [0.25, 0.3) is 0 Å². The fourth-order valence-electron chi connectivity index (χ4n) is 2.31. The molecule has 5 nitrogen and oxygen atoms in total. The van der Waals surface area contributed by atoms with Crippen molar-refractivity contribution in [3.8, 4) is 0 Å². The topological polar surface area (TPSA) is 88.2 Å². The van der Waals surface area contributed by atoms with Crippen LogP contribution in [-0.4, -0.2) is 21.6 Å². The minimum absolute atomic E-state index is 0.0483. The maximum absolute atomic E-state index is 11.1. The van der Waals surface area contributed by atoms with Gasteiger partial charge in [-0.1, -0.05) is 12.8 Å². The molecule has 4 N–H and O–H groups in total. The average molecular weight is 235 g/mol. The van der Waals surface area contributed by atoms with Crippen LogP contribution in [-0.2, 0) is 0 Å². The molecule has 0 unspecified atom stereocenters. The number of pyridine rings is 1. The molecule has 1 aliphatic rings. The Morgan fingerprint density at radius 1 is 1.53 bits per heavy atom. The molecule has 0 spiro atoms. The van der Waals surface area contributed by atoms with Crippen molar-refractivity contribution in [3.63, 3.8) is 0 Å². The summed E-state index contributed by atoms with van der Waals surface area (Å²) in [5, 5.41) is 12.4. The number of carbonyl (C=O) groups is 1. The van der Waals surface area contributed by atoms with E-state index >= 15 is 0 Å². The minimum Gasteiger partial charge on any atom is -0.478 e. The molecule has 1 fully saturated rings. The summed E-state index contributed by atoms with van der Waals surface area (Å²) in [7, 11) is 0. The van der Waals surface area contributed by atoms with Crippen LogP contribution in [0.15, 0.2) is 12.3 Å². The number of aromatic carboxylic acids is 1. The van der Waals surface area contributed by atoms with Crippen LogP contribution >= 0.6 is 0 Å². The van der Waals surface area contributed by atoms with Crippen molar-refractivity contribution in [2.75, 3.05) is 11.1 Å². The van der Waals surface area contributed by atoms with Crippen LogP contribution in [0.25, 0.3) is 0 Å². The average Bonchev–Trinajstić information content (AvgIpc) is 2.67. The first kappa shape index (κ1) is 11.7. The molecule has 0 saturated heterocycles. The Hall–Kier alpha value is -1.78. The summed E-state index contributed by atoms with van der Waals surface area (Å²) >= 11 is 0. The highest BCUT2D eigenvalue weighted by Gasteiger charge is 2.30. The molecular weight excluding hydrogens is 218 g/mol. The number of carboxylic acids is 1. The highest BCUT2D eigenvalue weighted by atomic mass is 16.4. The number of nitrogens with one attached hydrogen (secondary N) is 1. The Labute approximate surface area is 100 Å². The molecular formula is C12H17N3O2. The summed E-state index contributed by atoms with van der Waals surface area (Å²) in [6.45, 7) is 2.10. The highest BCUT2D eigenvalue weighted by Crippen LogP contribution is 2.33. The molecule has 2 rings (SSSR count). The summed E-state index contributed by atoms with van der Waals surface area (Å²) in [4.78, 5) is 15.2. The number of carboxylic acid groups (broad SMARTS) is 1. The Morgan fingerprint density at radius 3 is 2.76 bits per heavy atom. The van der Waals surface area contributed by atoms with Gasteiger partial charge in [0.05, 0.1) is 11.9 Å². The van der Waals surface area contributed by atoms with E-state index in [4.69, 9.17) is 10.8 Å². The van der Waals surface area contributed by atoms with Gasteiger partial charge in [0, 0.05) is 5.54 Å². The van der Waals surface area contributed by atoms with Gasteiger partial charge in [0.15, 0.2) is 0 Å². The Kier molecular flexibility index (Phi) is 2.92. The van der Waals surface area contributed by atoms with E-state index in [1.807, 2.05) is 0 Å². The third-order valence-electron chi connectivity index (χ3n) is 3.27. The molecule has 0 bridgehead atoms. The van der Waals surface area contributed by atoms with E-state index in [-0.39, 0.29) is 11.1 Å². The lowest BCUT2D eigenvalue weighted by atomic mass is 10.0. The quantitative estimate of drug-likeness (QED) is 0.746. The first-order valence-electron chi connectivity index (χ1n) is 5.77. The fourth-order valence-corrected chi connectivity index (χ4v) is 2.31. The second-order valence-corrected chi connectivity index (χ2v) is 4.86. The van der Waals surface area contributed by atoms with Crippen molar-refractivity contribution in [1.82, 2.24) is 4.98 Å². The first-order chi connectivity index (χ1) is 8.00. The van der Waals surface area contributed by atoms with Crippen molar-refractivity contribution in [2.45, 2.75) is 38.1 Å². The van der Waals surface area contributed by atoms with Crippen LogP contribution in [0, 0.1) is 0 Å². The molecule has 17 heavy (non-hydrogen) atoms. The van der Waals surface area contributed by atoms with Crippen LogP contribution in [0.2, 0.25) is 0 Å². The number of nitrogen functional groups attached to an aromatic ring is 1. The molecule has 0 aromatic carbocycles. The molecule has 92 valence electrons. The minimum atomic E-state index is -1.01. The molecule has 1 aliphatic carbocycles. The maximum atomic E-state index is 11.1. The third kappa shape index (κ3) is 2.49. The number of hydrogen-bond donors (Lipinski definition) is 3. The molecule has 0 amide bonds. The zero-order valence-corrected chi connectivity index (χ0v) is 9.86. The van der Waals surface area contributed by atoms with Crippen LogP contribution in [0.4, 0.5) is 11.5 Å². The van der Waals surface area contributed by atoms with Crippen molar-refractivity contribution >= 4 is 17.5 Å². The Morgan fingerprint density at radius 2 is 2.18 bits per heavy atom. The molecule has 1 aromatic rings. The predicted octanol–water partition coefficient (Wildman–Crippen LogP) is 2.11. The smallest absolute Gasteiger partial charge is 0.339 e.